The van der Waals surface area contributed by atoms with E-state index in [2.05, 4.69) is 50.8 Å². The lowest BCUT2D eigenvalue weighted by Gasteiger charge is -2.38. The van der Waals surface area contributed by atoms with Gasteiger partial charge in [0.15, 0.2) is 0 Å². The number of nitrogens with zero attached hydrogens (tertiary/aromatic N) is 1. The Morgan fingerprint density at radius 1 is 1.38 bits per heavy atom. The van der Waals surface area contributed by atoms with Gasteiger partial charge in [-0.25, -0.2) is 0 Å². The van der Waals surface area contributed by atoms with Crippen LogP contribution in [0.4, 0.5) is 0 Å². The van der Waals surface area contributed by atoms with Crippen LogP contribution in [-0.2, 0) is 12.8 Å². The quantitative estimate of drug-likeness (QED) is 0.732. The molecule has 0 amide bonds. The van der Waals surface area contributed by atoms with Crippen molar-refractivity contribution < 1.29 is 0 Å². The highest BCUT2D eigenvalue weighted by atomic mass is 15.2. The first-order valence-corrected chi connectivity index (χ1v) is 6.51. The molecule has 1 aliphatic rings. The summed E-state index contributed by atoms with van der Waals surface area (Å²) in [7, 11) is 0. The van der Waals surface area contributed by atoms with Crippen LogP contribution in [0.25, 0.3) is 0 Å². The van der Waals surface area contributed by atoms with Gasteiger partial charge in [0, 0.05) is 18.6 Å². The fourth-order valence-corrected chi connectivity index (χ4v) is 3.00. The SMILES string of the molecule is CCc1cccc2c1CCN(C(C)C)C2C. The number of fused-ring (bicyclic) bond motifs is 1. The van der Waals surface area contributed by atoms with Crippen molar-refractivity contribution in [2.75, 3.05) is 6.54 Å². The molecule has 16 heavy (non-hydrogen) atoms. The minimum atomic E-state index is 0.579. The van der Waals surface area contributed by atoms with E-state index in [1.165, 1.54) is 13.0 Å². The predicted octanol–water partition coefficient (Wildman–Crippen LogP) is 3.58. The van der Waals surface area contributed by atoms with Crippen LogP contribution in [0.2, 0.25) is 0 Å². The summed E-state index contributed by atoms with van der Waals surface area (Å²) < 4.78 is 0. The highest BCUT2D eigenvalue weighted by molar-refractivity contribution is 5.39. The molecule has 1 aromatic carbocycles. The van der Waals surface area contributed by atoms with Crippen molar-refractivity contribution >= 4 is 0 Å². The van der Waals surface area contributed by atoms with Gasteiger partial charge in [-0.15, -0.1) is 0 Å². The zero-order chi connectivity index (χ0) is 11.7. The predicted molar refractivity (Wildman–Crippen MR) is 69.8 cm³/mol. The highest BCUT2D eigenvalue weighted by Crippen LogP contribution is 2.32. The Kier molecular flexibility index (Phi) is 3.34. The average molecular weight is 217 g/mol. The second kappa shape index (κ2) is 4.58. The fourth-order valence-electron chi connectivity index (χ4n) is 3.00. The van der Waals surface area contributed by atoms with Gasteiger partial charge >= 0.3 is 0 Å². The first-order chi connectivity index (χ1) is 7.65. The van der Waals surface area contributed by atoms with E-state index < -0.39 is 0 Å². The van der Waals surface area contributed by atoms with Gasteiger partial charge in [0.1, 0.15) is 0 Å². The third-order valence-electron chi connectivity index (χ3n) is 3.92. The molecule has 0 spiro atoms. The third-order valence-corrected chi connectivity index (χ3v) is 3.92. The van der Waals surface area contributed by atoms with Crippen molar-refractivity contribution in [2.24, 2.45) is 0 Å². The summed E-state index contributed by atoms with van der Waals surface area (Å²) in [6, 6.07) is 8.05. The summed E-state index contributed by atoms with van der Waals surface area (Å²) in [6.45, 7) is 10.4. The first-order valence-electron chi connectivity index (χ1n) is 6.51. The average Bonchev–Trinajstić information content (AvgIpc) is 2.28. The molecule has 1 heterocycles. The van der Waals surface area contributed by atoms with Crippen molar-refractivity contribution in [3.05, 3.63) is 34.9 Å². The molecule has 0 saturated heterocycles. The van der Waals surface area contributed by atoms with Crippen molar-refractivity contribution in [3.8, 4) is 0 Å². The second-order valence-corrected chi connectivity index (χ2v) is 5.10. The maximum atomic E-state index is 2.60. The number of hydrogen-bond acceptors (Lipinski definition) is 1. The van der Waals surface area contributed by atoms with Crippen LogP contribution in [0.5, 0.6) is 0 Å². The van der Waals surface area contributed by atoms with Crippen molar-refractivity contribution in [1.29, 1.82) is 0 Å². The fraction of sp³-hybridized carbons (Fsp3) is 0.600. The van der Waals surface area contributed by atoms with Crippen LogP contribution in [-0.4, -0.2) is 17.5 Å². The Hall–Kier alpha value is -0.820. The van der Waals surface area contributed by atoms with Gasteiger partial charge in [-0.2, -0.15) is 0 Å². The lowest BCUT2D eigenvalue weighted by atomic mass is 9.88. The molecular formula is C15H23N. The van der Waals surface area contributed by atoms with Crippen LogP contribution in [0, 0.1) is 0 Å². The molecule has 0 aliphatic carbocycles. The molecule has 0 bridgehead atoms. The summed E-state index contributed by atoms with van der Waals surface area (Å²) in [5.41, 5.74) is 4.72. The molecule has 0 aromatic heterocycles. The topological polar surface area (TPSA) is 3.24 Å². The van der Waals surface area contributed by atoms with Gasteiger partial charge in [0.2, 0.25) is 0 Å². The molecule has 1 aromatic rings. The number of hydrogen-bond donors (Lipinski definition) is 0. The maximum Gasteiger partial charge on any atom is 0.0325 e. The number of aryl methyl sites for hydroxylation is 1. The Morgan fingerprint density at radius 2 is 2.12 bits per heavy atom. The van der Waals surface area contributed by atoms with E-state index in [0.717, 1.165) is 6.42 Å². The van der Waals surface area contributed by atoms with Crippen molar-refractivity contribution in [3.63, 3.8) is 0 Å². The standard InChI is InChI=1S/C15H23N/c1-5-13-7-6-8-14-12(4)16(11(2)3)10-9-15(13)14/h6-8,11-12H,5,9-10H2,1-4H3. The zero-order valence-electron chi connectivity index (χ0n) is 11.0. The van der Waals surface area contributed by atoms with Crippen molar-refractivity contribution in [2.45, 2.75) is 52.6 Å². The molecule has 0 fully saturated rings. The maximum absolute atomic E-state index is 2.60. The van der Waals surface area contributed by atoms with Crippen LogP contribution in [0.15, 0.2) is 18.2 Å². The molecule has 1 unspecified atom stereocenters. The van der Waals surface area contributed by atoms with E-state index in [-0.39, 0.29) is 0 Å². The van der Waals surface area contributed by atoms with Gasteiger partial charge in [0.25, 0.3) is 0 Å². The Labute approximate surface area is 99.5 Å². The third kappa shape index (κ3) is 1.89. The zero-order valence-corrected chi connectivity index (χ0v) is 11.0. The van der Waals surface area contributed by atoms with Gasteiger partial charge in [-0.3, -0.25) is 4.90 Å². The molecule has 88 valence electrons. The molecule has 1 heteroatoms. The summed E-state index contributed by atoms with van der Waals surface area (Å²) in [5, 5.41) is 0. The highest BCUT2D eigenvalue weighted by Gasteiger charge is 2.26. The summed E-state index contributed by atoms with van der Waals surface area (Å²) >= 11 is 0. The first kappa shape index (κ1) is 11.7. The molecule has 1 aliphatic heterocycles. The van der Waals surface area contributed by atoms with Crippen LogP contribution < -0.4 is 0 Å². The monoisotopic (exact) mass is 217 g/mol. The van der Waals surface area contributed by atoms with Gasteiger partial charge in [-0.05, 0) is 50.3 Å². The molecule has 2 rings (SSSR count). The van der Waals surface area contributed by atoms with Gasteiger partial charge in [-0.1, -0.05) is 25.1 Å². The molecule has 1 atom stereocenters. The summed E-state index contributed by atoms with van der Waals surface area (Å²) in [5.74, 6) is 0. The van der Waals surface area contributed by atoms with E-state index in [0.29, 0.717) is 12.1 Å². The van der Waals surface area contributed by atoms with E-state index in [9.17, 15) is 0 Å². The molecule has 0 radical (unpaired) electrons. The largest absolute Gasteiger partial charge is 0.294 e. The summed E-state index contributed by atoms with van der Waals surface area (Å²) in [6.07, 6.45) is 2.39. The number of benzene rings is 1. The molecular weight excluding hydrogens is 194 g/mol. The van der Waals surface area contributed by atoms with Crippen molar-refractivity contribution in [1.82, 2.24) is 4.90 Å². The van der Waals surface area contributed by atoms with E-state index >= 15 is 0 Å². The lowest BCUT2D eigenvalue weighted by molar-refractivity contribution is 0.154. The van der Waals surface area contributed by atoms with Gasteiger partial charge < -0.3 is 0 Å². The smallest absolute Gasteiger partial charge is 0.0325 e. The molecule has 0 saturated carbocycles. The van der Waals surface area contributed by atoms with E-state index in [1.807, 2.05) is 0 Å². The Morgan fingerprint density at radius 3 is 2.75 bits per heavy atom. The number of rotatable bonds is 2. The molecule has 1 nitrogen and oxygen atoms in total. The van der Waals surface area contributed by atoms with Crippen LogP contribution in [0.3, 0.4) is 0 Å². The minimum absolute atomic E-state index is 0.579. The van der Waals surface area contributed by atoms with E-state index in [1.54, 1.807) is 16.7 Å². The Balaban J connectivity index is 2.38. The second-order valence-electron chi connectivity index (χ2n) is 5.10. The van der Waals surface area contributed by atoms with Gasteiger partial charge in [0.05, 0.1) is 0 Å². The minimum Gasteiger partial charge on any atom is -0.294 e. The van der Waals surface area contributed by atoms with E-state index in [4.69, 9.17) is 0 Å². The van der Waals surface area contributed by atoms with Crippen LogP contribution >= 0.6 is 0 Å². The van der Waals surface area contributed by atoms with Crippen LogP contribution in [0.1, 0.15) is 50.4 Å². The lowest BCUT2D eigenvalue weighted by Crippen LogP contribution is -2.39. The normalized spacial score (nSPS) is 21.2. The molecule has 0 N–H and O–H groups in total. The Bertz CT molecular complexity index is 368. The summed E-state index contributed by atoms with van der Waals surface area (Å²) in [4.78, 5) is 2.60.